The molecule has 0 unspecified atom stereocenters. The van der Waals surface area contributed by atoms with Crippen LogP contribution in [0.2, 0.25) is 0 Å². The van der Waals surface area contributed by atoms with Crippen molar-refractivity contribution in [1.82, 2.24) is 19.4 Å². The van der Waals surface area contributed by atoms with Gasteiger partial charge in [0.25, 0.3) is 0 Å². The predicted molar refractivity (Wildman–Crippen MR) is 152 cm³/mol. The fraction of sp³-hybridized carbons (Fsp3) is 0.333. The Labute approximate surface area is 231 Å². The molecule has 0 saturated carbocycles. The molecule has 0 amide bonds. The number of fused-ring (bicyclic) bond motifs is 1. The van der Waals surface area contributed by atoms with Gasteiger partial charge in [0.15, 0.2) is 17.4 Å². The van der Waals surface area contributed by atoms with Gasteiger partial charge in [-0.2, -0.15) is 4.98 Å². The summed E-state index contributed by atoms with van der Waals surface area (Å²) < 4.78 is 64.7. The molecular formula is C27H31F2N7O3S. The molecule has 0 bridgehead atoms. The van der Waals surface area contributed by atoms with E-state index in [1.165, 1.54) is 13.2 Å². The van der Waals surface area contributed by atoms with Crippen molar-refractivity contribution >= 4 is 44.1 Å². The SMILES string of the molecule is COc1c(Nc2ncc3ccn(-c4ccc(NS(=O)(=O)C(C)C)cc4)c3n2)cc(F)c(N2CCN(C)CC2)c1F. The molecule has 2 aromatic heterocycles. The first-order valence-corrected chi connectivity index (χ1v) is 14.3. The Morgan fingerprint density at radius 3 is 2.40 bits per heavy atom. The summed E-state index contributed by atoms with van der Waals surface area (Å²) in [5.74, 6) is -1.50. The molecule has 0 radical (unpaired) electrons. The first-order chi connectivity index (χ1) is 19.1. The topological polar surface area (TPSA) is 105 Å². The van der Waals surface area contributed by atoms with Crippen LogP contribution in [0.4, 0.5) is 31.8 Å². The molecule has 4 aromatic rings. The van der Waals surface area contributed by atoms with Gasteiger partial charge in [-0.05, 0) is 51.2 Å². The van der Waals surface area contributed by atoms with Crippen molar-refractivity contribution in [3.63, 3.8) is 0 Å². The third-order valence-electron chi connectivity index (χ3n) is 6.87. The number of anilines is 4. The maximum atomic E-state index is 15.5. The Morgan fingerprint density at radius 2 is 1.75 bits per heavy atom. The van der Waals surface area contributed by atoms with E-state index < -0.39 is 26.9 Å². The van der Waals surface area contributed by atoms with Crippen LogP contribution in [0.3, 0.4) is 0 Å². The predicted octanol–water partition coefficient (Wildman–Crippen LogP) is 4.35. The van der Waals surface area contributed by atoms with Crippen LogP contribution >= 0.6 is 0 Å². The highest BCUT2D eigenvalue weighted by Crippen LogP contribution is 2.38. The number of rotatable bonds is 8. The summed E-state index contributed by atoms with van der Waals surface area (Å²) in [5.41, 5.74) is 1.68. The van der Waals surface area contributed by atoms with E-state index >= 15 is 8.78 Å². The minimum atomic E-state index is -3.47. The lowest BCUT2D eigenvalue weighted by molar-refractivity contribution is 0.309. The number of sulfonamides is 1. The third-order valence-corrected chi connectivity index (χ3v) is 8.63. The van der Waals surface area contributed by atoms with Gasteiger partial charge >= 0.3 is 0 Å². The fourth-order valence-corrected chi connectivity index (χ4v) is 5.18. The number of methoxy groups -OCH3 is 1. The molecule has 0 aliphatic carbocycles. The summed E-state index contributed by atoms with van der Waals surface area (Å²) in [4.78, 5) is 12.7. The van der Waals surface area contributed by atoms with Gasteiger partial charge in [0.1, 0.15) is 11.3 Å². The van der Waals surface area contributed by atoms with Crippen molar-refractivity contribution < 1.29 is 21.9 Å². The van der Waals surface area contributed by atoms with E-state index in [0.717, 1.165) is 11.1 Å². The molecule has 2 aromatic carbocycles. The van der Waals surface area contributed by atoms with E-state index in [1.807, 2.05) is 13.1 Å². The Balaban J connectivity index is 1.43. The first-order valence-electron chi connectivity index (χ1n) is 12.8. The number of ether oxygens (including phenoxy) is 1. The number of likely N-dealkylation sites (N-methyl/N-ethyl adjacent to an activating group) is 1. The zero-order valence-electron chi connectivity index (χ0n) is 22.6. The van der Waals surface area contributed by atoms with E-state index in [0.29, 0.717) is 37.5 Å². The summed E-state index contributed by atoms with van der Waals surface area (Å²) in [6, 6.07) is 9.88. The second-order valence-corrected chi connectivity index (χ2v) is 12.2. The van der Waals surface area contributed by atoms with Crippen molar-refractivity contribution in [3.05, 3.63) is 60.4 Å². The van der Waals surface area contributed by atoms with Crippen LogP contribution in [-0.4, -0.2) is 73.4 Å². The van der Waals surface area contributed by atoms with Crippen molar-refractivity contribution in [1.29, 1.82) is 0 Å². The lowest BCUT2D eigenvalue weighted by Crippen LogP contribution is -2.45. The summed E-state index contributed by atoms with van der Waals surface area (Å²) in [5, 5.41) is 3.08. The average Bonchev–Trinajstić information content (AvgIpc) is 3.33. The minimum absolute atomic E-state index is 0.0645. The molecule has 3 heterocycles. The number of nitrogens with one attached hydrogen (secondary N) is 2. The number of hydrogen-bond acceptors (Lipinski definition) is 8. The van der Waals surface area contributed by atoms with Crippen LogP contribution in [0, 0.1) is 11.6 Å². The smallest absolute Gasteiger partial charge is 0.235 e. The highest BCUT2D eigenvalue weighted by molar-refractivity contribution is 7.93. The number of aromatic nitrogens is 3. The van der Waals surface area contributed by atoms with Gasteiger partial charge in [0.2, 0.25) is 16.0 Å². The highest BCUT2D eigenvalue weighted by Gasteiger charge is 2.26. The molecule has 0 spiro atoms. The second-order valence-electron chi connectivity index (χ2n) is 9.92. The van der Waals surface area contributed by atoms with Crippen LogP contribution in [0.25, 0.3) is 16.7 Å². The molecular weight excluding hydrogens is 540 g/mol. The maximum Gasteiger partial charge on any atom is 0.235 e. The largest absolute Gasteiger partial charge is 0.491 e. The molecule has 0 atom stereocenters. The van der Waals surface area contributed by atoms with E-state index in [9.17, 15) is 8.42 Å². The van der Waals surface area contributed by atoms with Gasteiger partial charge < -0.3 is 24.4 Å². The summed E-state index contributed by atoms with van der Waals surface area (Å²) in [6.07, 6.45) is 3.41. The molecule has 1 saturated heterocycles. The third kappa shape index (κ3) is 5.39. The van der Waals surface area contributed by atoms with Crippen LogP contribution in [0.1, 0.15) is 13.8 Å². The van der Waals surface area contributed by atoms with Crippen molar-refractivity contribution in [3.8, 4) is 11.4 Å². The van der Waals surface area contributed by atoms with Gasteiger partial charge in [-0.25, -0.2) is 22.2 Å². The zero-order valence-corrected chi connectivity index (χ0v) is 23.5. The van der Waals surface area contributed by atoms with Gasteiger partial charge in [-0.3, -0.25) is 4.72 Å². The molecule has 2 N–H and O–H groups in total. The Kier molecular flexibility index (Phi) is 7.51. The quantitative estimate of drug-likeness (QED) is 0.322. The Bertz CT molecular complexity index is 1630. The molecule has 1 fully saturated rings. The molecule has 1 aliphatic rings. The highest BCUT2D eigenvalue weighted by atomic mass is 32.2. The normalized spacial score (nSPS) is 14.6. The van der Waals surface area contributed by atoms with Crippen LogP contribution in [0.5, 0.6) is 5.75 Å². The van der Waals surface area contributed by atoms with Crippen LogP contribution in [-0.2, 0) is 10.0 Å². The molecule has 212 valence electrons. The van der Waals surface area contributed by atoms with Gasteiger partial charge in [-0.15, -0.1) is 0 Å². The van der Waals surface area contributed by atoms with E-state index in [1.54, 1.807) is 60.0 Å². The number of benzene rings is 2. The number of halogens is 2. The van der Waals surface area contributed by atoms with E-state index in [-0.39, 0.29) is 23.1 Å². The average molecular weight is 572 g/mol. The number of nitrogens with zero attached hydrogens (tertiary/aromatic N) is 5. The molecule has 40 heavy (non-hydrogen) atoms. The van der Waals surface area contributed by atoms with Crippen molar-refractivity contribution in [2.45, 2.75) is 19.1 Å². The fourth-order valence-electron chi connectivity index (χ4n) is 4.48. The van der Waals surface area contributed by atoms with Crippen molar-refractivity contribution in [2.24, 2.45) is 0 Å². The lowest BCUT2D eigenvalue weighted by Gasteiger charge is -2.34. The lowest BCUT2D eigenvalue weighted by atomic mass is 10.2. The molecule has 10 nitrogen and oxygen atoms in total. The molecule has 1 aliphatic heterocycles. The van der Waals surface area contributed by atoms with Crippen LogP contribution < -0.4 is 19.7 Å². The van der Waals surface area contributed by atoms with E-state index in [2.05, 4.69) is 24.9 Å². The number of piperazine rings is 1. The summed E-state index contributed by atoms with van der Waals surface area (Å²) in [6.45, 7) is 5.61. The second kappa shape index (κ2) is 10.9. The number of hydrogen-bond donors (Lipinski definition) is 2. The maximum absolute atomic E-state index is 15.5. The van der Waals surface area contributed by atoms with E-state index in [4.69, 9.17) is 4.74 Å². The van der Waals surface area contributed by atoms with Crippen molar-refractivity contribution in [2.75, 3.05) is 55.3 Å². The Morgan fingerprint density at radius 1 is 1.05 bits per heavy atom. The van der Waals surface area contributed by atoms with Gasteiger partial charge in [0.05, 0.1) is 18.0 Å². The monoisotopic (exact) mass is 571 g/mol. The molecule has 5 rings (SSSR count). The zero-order chi connectivity index (χ0) is 28.6. The standard InChI is InChI=1S/C27H31F2N7O3S/c1-17(2)40(37,38)33-19-5-7-20(8-6-19)36-10-9-18-16-30-27(32-26(18)36)31-22-15-21(28)24(23(29)25(22)39-4)35-13-11-34(3)12-14-35/h5-10,15-17,33H,11-14H2,1-4H3,(H,30,31,32). The summed E-state index contributed by atoms with van der Waals surface area (Å²) >= 11 is 0. The summed E-state index contributed by atoms with van der Waals surface area (Å²) in [7, 11) is -0.167. The first kappa shape index (κ1) is 27.6. The van der Waals surface area contributed by atoms with Gasteiger partial charge in [-0.1, -0.05) is 0 Å². The minimum Gasteiger partial charge on any atom is -0.491 e. The van der Waals surface area contributed by atoms with Gasteiger partial charge in [0, 0.05) is 61.4 Å². The Hall–Kier alpha value is -3.97. The molecule has 13 heteroatoms. The van der Waals surface area contributed by atoms with Crippen LogP contribution in [0.15, 0.2) is 48.8 Å².